The zero-order chi connectivity index (χ0) is 26.6. The molecule has 4 aromatic rings. The van der Waals surface area contributed by atoms with E-state index in [4.69, 9.17) is 4.74 Å². The number of fused-ring (bicyclic) bond motifs is 1. The molecule has 0 saturated heterocycles. The Labute approximate surface area is 210 Å². The minimum atomic E-state index is -4.39. The molecule has 192 valence electrons. The summed E-state index contributed by atoms with van der Waals surface area (Å²) in [5, 5.41) is 0. The number of nitrogens with zero attached hydrogens (tertiary/aromatic N) is 3. The van der Waals surface area contributed by atoms with Gasteiger partial charge < -0.3 is 9.72 Å². The zero-order valence-corrected chi connectivity index (χ0v) is 20.4. The number of hydrogen-bond donors (Lipinski definition) is 1. The van der Waals surface area contributed by atoms with Crippen molar-refractivity contribution in [3.8, 4) is 29.0 Å². The lowest BCUT2D eigenvalue weighted by Crippen LogP contribution is -2.40. The normalized spacial score (nSPS) is 11.4. The zero-order valence-electron chi connectivity index (χ0n) is 20.4. The van der Waals surface area contributed by atoms with Gasteiger partial charge in [0.1, 0.15) is 23.7 Å². The van der Waals surface area contributed by atoms with Crippen molar-refractivity contribution in [3.63, 3.8) is 0 Å². The van der Waals surface area contributed by atoms with Crippen molar-refractivity contribution in [1.82, 2.24) is 19.1 Å². The summed E-state index contributed by atoms with van der Waals surface area (Å²) < 4.78 is 46.5. The molecule has 0 spiro atoms. The second-order valence-corrected chi connectivity index (χ2v) is 8.37. The van der Waals surface area contributed by atoms with Gasteiger partial charge in [0.2, 0.25) is 0 Å². The van der Waals surface area contributed by atoms with Crippen molar-refractivity contribution in [1.29, 1.82) is 0 Å². The van der Waals surface area contributed by atoms with Crippen LogP contribution in [0, 0.1) is 11.8 Å². The average molecular weight is 511 g/mol. The van der Waals surface area contributed by atoms with E-state index in [0.29, 0.717) is 54.3 Å². The number of halogens is 3. The molecule has 0 bridgehead atoms. The highest BCUT2D eigenvalue weighted by Gasteiger charge is 2.29. The Morgan fingerprint density at radius 2 is 1.70 bits per heavy atom. The molecule has 0 saturated carbocycles. The fourth-order valence-electron chi connectivity index (χ4n) is 3.88. The molecule has 0 aliphatic carbocycles. The lowest BCUT2D eigenvalue weighted by molar-refractivity contribution is -0.137. The van der Waals surface area contributed by atoms with Gasteiger partial charge in [-0.1, -0.05) is 37.8 Å². The molecule has 0 unspecified atom stereocenters. The maximum absolute atomic E-state index is 12.9. The highest BCUT2D eigenvalue weighted by atomic mass is 19.4. The molecule has 0 atom stereocenters. The molecule has 2 heterocycles. The predicted octanol–water partition coefficient (Wildman–Crippen LogP) is 4.82. The van der Waals surface area contributed by atoms with Crippen LogP contribution < -0.4 is 16.0 Å². The number of aryl methyl sites for hydroxylation is 1. The fourth-order valence-corrected chi connectivity index (χ4v) is 3.88. The molecule has 0 aliphatic rings. The summed E-state index contributed by atoms with van der Waals surface area (Å²) >= 11 is 0. The van der Waals surface area contributed by atoms with Crippen LogP contribution in [0.2, 0.25) is 0 Å². The van der Waals surface area contributed by atoms with Crippen molar-refractivity contribution in [2.24, 2.45) is 0 Å². The number of ether oxygens (including phenoxy) is 1. The Kier molecular flexibility index (Phi) is 7.53. The summed E-state index contributed by atoms with van der Waals surface area (Å²) in [7, 11) is 0. The van der Waals surface area contributed by atoms with Crippen molar-refractivity contribution in [2.75, 3.05) is 6.61 Å². The fraction of sp³-hybridized carbons (Fsp3) is 0.296. The molecule has 7 nitrogen and oxygen atoms in total. The molecular weight excluding hydrogens is 485 g/mol. The monoisotopic (exact) mass is 510 g/mol. The van der Waals surface area contributed by atoms with Crippen molar-refractivity contribution >= 4 is 11.2 Å². The van der Waals surface area contributed by atoms with Crippen molar-refractivity contribution in [3.05, 3.63) is 80.5 Å². The van der Waals surface area contributed by atoms with Gasteiger partial charge in [0.25, 0.3) is 5.56 Å². The van der Waals surface area contributed by atoms with Gasteiger partial charge in [-0.2, -0.15) is 13.2 Å². The van der Waals surface area contributed by atoms with Crippen LogP contribution in [-0.2, 0) is 19.3 Å². The van der Waals surface area contributed by atoms with Crippen molar-refractivity contribution in [2.45, 2.75) is 46.0 Å². The number of rotatable bonds is 7. The maximum atomic E-state index is 12.9. The third kappa shape index (κ3) is 5.61. The molecule has 0 aliphatic heterocycles. The number of alkyl halides is 3. The number of nitrogens with one attached hydrogen (secondary N) is 1. The van der Waals surface area contributed by atoms with Crippen LogP contribution in [0.15, 0.2) is 58.1 Å². The smallest absolute Gasteiger partial charge is 0.416 e. The van der Waals surface area contributed by atoms with Gasteiger partial charge in [0.05, 0.1) is 5.56 Å². The number of benzene rings is 2. The molecule has 10 heteroatoms. The molecule has 1 N–H and O–H groups in total. The lowest BCUT2D eigenvalue weighted by atomic mass is 10.1. The molecule has 37 heavy (non-hydrogen) atoms. The molecule has 0 radical (unpaired) electrons. The minimum Gasteiger partial charge on any atom is -0.481 e. The summed E-state index contributed by atoms with van der Waals surface area (Å²) in [6.07, 6.45) is -3.04. The van der Waals surface area contributed by atoms with Crippen LogP contribution in [0.5, 0.6) is 5.75 Å². The first-order chi connectivity index (χ1) is 17.7. The highest BCUT2D eigenvalue weighted by molar-refractivity contribution is 5.75. The highest BCUT2D eigenvalue weighted by Crippen LogP contribution is 2.29. The largest absolute Gasteiger partial charge is 0.481 e. The van der Waals surface area contributed by atoms with E-state index >= 15 is 0 Å². The number of aromatic nitrogens is 4. The third-order valence-electron chi connectivity index (χ3n) is 5.62. The molecule has 0 amide bonds. The summed E-state index contributed by atoms with van der Waals surface area (Å²) in [5.74, 6) is 6.47. The van der Waals surface area contributed by atoms with Gasteiger partial charge in [-0.3, -0.25) is 13.9 Å². The van der Waals surface area contributed by atoms with E-state index in [1.165, 1.54) is 21.3 Å². The minimum absolute atomic E-state index is 0.0162. The van der Waals surface area contributed by atoms with Gasteiger partial charge in [0.15, 0.2) is 5.65 Å². The standard InChI is InChI=1S/C27H25F3N4O3/c1-3-14-33-24-22(25(35)34(15-4-2)26(33)36)31-23(32-24)19-8-5-9-21(17-19)37-16-6-7-18-10-12-20(13-11-18)27(28,29)30/h5,8-13,17H,3-4,14-16H2,1-2H3,(H,31,32). The van der Waals surface area contributed by atoms with Gasteiger partial charge in [-0.05, 0) is 49.2 Å². The van der Waals surface area contributed by atoms with Crippen molar-refractivity contribution < 1.29 is 17.9 Å². The van der Waals surface area contributed by atoms with Crippen LogP contribution in [0.1, 0.15) is 37.8 Å². The molecular formula is C27H25F3N4O3. The first-order valence-electron chi connectivity index (χ1n) is 11.9. The Balaban J connectivity index is 1.56. The summed E-state index contributed by atoms with van der Waals surface area (Å²) in [6, 6.07) is 11.6. The van der Waals surface area contributed by atoms with Gasteiger partial charge >= 0.3 is 11.9 Å². The number of hydrogen-bond acceptors (Lipinski definition) is 4. The molecule has 0 fully saturated rings. The van der Waals surface area contributed by atoms with E-state index in [2.05, 4.69) is 21.8 Å². The lowest BCUT2D eigenvalue weighted by Gasteiger charge is -2.09. The maximum Gasteiger partial charge on any atom is 0.416 e. The van der Waals surface area contributed by atoms with E-state index < -0.39 is 17.3 Å². The van der Waals surface area contributed by atoms with Gasteiger partial charge in [-0.15, -0.1) is 0 Å². The van der Waals surface area contributed by atoms with Crippen LogP contribution in [0.25, 0.3) is 22.6 Å². The second kappa shape index (κ2) is 10.8. The topological polar surface area (TPSA) is 81.9 Å². The van der Waals surface area contributed by atoms with Crippen LogP contribution >= 0.6 is 0 Å². The number of imidazole rings is 1. The number of H-pyrrole nitrogens is 1. The summed E-state index contributed by atoms with van der Waals surface area (Å²) in [5.41, 5.74) is 0.175. The Morgan fingerprint density at radius 1 is 1.00 bits per heavy atom. The van der Waals surface area contributed by atoms with E-state index in [1.807, 2.05) is 13.8 Å². The SMILES string of the molecule is CCCn1c(=O)c2[nH]c(-c3cccc(OCC#Cc4ccc(C(F)(F)F)cc4)c3)nc2n(CCC)c1=O. The van der Waals surface area contributed by atoms with E-state index in [0.717, 1.165) is 12.1 Å². The van der Waals surface area contributed by atoms with Gasteiger partial charge in [0, 0.05) is 24.2 Å². The van der Waals surface area contributed by atoms with Crippen LogP contribution in [0.4, 0.5) is 13.2 Å². The van der Waals surface area contributed by atoms with Crippen LogP contribution in [0.3, 0.4) is 0 Å². The van der Waals surface area contributed by atoms with E-state index in [9.17, 15) is 22.8 Å². The molecule has 4 rings (SSSR count). The first-order valence-corrected chi connectivity index (χ1v) is 11.9. The number of aromatic amines is 1. The third-order valence-corrected chi connectivity index (χ3v) is 5.62. The quantitative estimate of drug-likeness (QED) is 0.362. The molecule has 2 aromatic carbocycles. The predicted molar refractivity (Wildman–Crippen MR) is 134 cm³/mol. The Morgan fingerprint density at radius 3 is 2.38 bits per heavy atom. The second-order valence-electron chi connectivity index (χ2n) is 8.37. The average Bonchev–Trinajstić information content (AvgIpc) is 3.33. The molecule has 2 aromatic heterocycles. The van der Waals surface area contributed by atoms with Crippen LogP contribution in [-0.4, -0.2) is 25.7 Å². The van der Waals surface area contributed by atoms with E-state index in [-0.39, 0.29) is 17.8 Å². The Hall–Kier alpha value is -4.26. The Bertz CT molecular complexity index is 1590. The summed E-state index contributed by atoms with van der Waals surface area (Å²) in [6.45, 7) is 4.62. The van der Waals surface area contributed by atoms with E-state index in [1.54, 1.807) is 24.3 Å². The summed E-state index contributed by atoms with van der Waals surface area (Å²) in [4.78, 5) is 33.5. The van der Waals surface area contributed by atoms with Gasteiger partial charge in [-0.25, -0.2) is 9.78 Å². The first kappa shape index (κ1) is 25.8.